The summed E-state index contributed by atoms with van der Waals surface area (Å²) < 4.78 is 10.4. The highest BCUT2D eigenvalue weighted by Gasteiger charge is 2.01. The molecule has 96 valence electrons. The molecule has 0 aliphatic rings. The first-order chi connectivity index (χ1) is 8.67. The average molecular weight is 264 g/mol. The second-order valence-electron chi connectivity index (χ2n) is 3.46. The molecule has 1 aromatic carbocycles. The lowest BCUT2D eigenvalue weighted by Crippen LogP contribution is -1.90. The second-order valence-corrected chi connectivity index (χ2v) is 4.73. The summed E-state index contributed by atoms with van der Waals surface area (Å²) in [6.07, 6.45) is 0.671. The first-order valence-corrected chi connectivity index (χ1v) is 6.50. The van der Waals surface area contributed by atoms with Crippen LogP contribution in [0.5, 0.6) is 11.5 Å². The molecule has 0 unspecified atom stereocenters. The van der Waals surface area contributed by atoms with E-state index < -0.39 is 0 Å². The number of carbonyl (C=O) groups excluding carboxylic acids is 1. The fraction of sp³-hybridized carbons (Fsp3) is 0.357. The van der Waals surface area contributed by atoms with Crippen LogP contribution < -0.4 is 9.47 Å². The minimum Gasteiger partial charge on any atom is -0.497 e. The molecule has 4 heteroatoms. The van der Waals surface area contributed by atoms with Crippen LogP contribution in [0.4, 0.5) is 0 Å². The number of carbonyl (C=O) groups is 1. The summed E-state index contributed by atoms with van der Waals surface area (Å²) >= 11 is 1.29. The maximum absolute atomic E-state index is 10.7. The van der Waals surface area contributed by atoms with Crippen LogP contribution in [-0.4, -0.2) is 25.1 Å². The molecule has 0 saturated heterocycles. The number of thioether (sulfide) groups is 1. The van der Waals surface area contributed by atoms with Crippen LogP contribution in [0.15, 0.2) is 18.2 Å². The Hall–Kier alpha value is -1.60. The topological polar surface area (TPSA) is 35.5 Å². The Morgan fingerprint density at radius 2 is 2.11 bits per heavy atom. The Bertz CT molecular complexity index is 472. The van der Waals surface area contributed by atoms with Crippen LogP contribution in [0.3, 0.4) is 0 Å². The third kappa shape index (κ3) is 4.72. The minimum absolute atomic E-state index is 0.121. The van der Waals surface area contributed by atoms with Gasteiger partial charge in [0.15, 0.2) is 5.12 Å². The number of benzene rings is 1. The van der Waals surface area contributed by atoms with E-state index in [0.29, 0.717) is 12.2 Å². The zero-order chi connectivity index (χ0) is 13.4. The smallest absolute Gasteiger partial charge is 0.185 e. The molecule has 0 aliphatic heterocycles. The Balaban J connectivity index is 2.70. The van der Waals surface area contributed by atoms with E-state index in [1.54, 1.807) is 21.1 Å². The Kier molecular flexibility index (Phi) is 6.16. The van der Waals surface area contributed by atoms with Crippen LogP contribution in [0.2, 0.25) is 0 Å². The van der Waals surface area contributed by atoms with Gasteiger partial charge in [-0.25, -0.2) is 0 Å². The second kappa shape index (κ2) is 7.67. The van der Waals surface area contributed by atoms with Crippen LogP contribution in [-0.2, 0) is 4.79 Å². The predicted octanol–water partition coefficient (Wildman–Crippen LogP) is 2.73. The van der Waals surface area contributed by atoms with Crippen molar-refractivity contribution in [2.24, 2.45) is 0 Å². The van der Waals surface area contributed by atoms with Crippen molar-refractivity contribution in [1.82, 2.24) is 0 Å². The van der Waals surface area contributed by atoms with Crippen molar-refractivity contribution in [1.29, 1.82) is 0 Å². The number of methoxy groups -OCH3 is 2. The molecule has 0 atom stereocenters. The van der Waals surface area contributed by atoms with Gasteiger partial charge < -0.3 is 9.47 Å². The standard InChI is InChI=1S/C14H16O3S/c1-11(15)18-9-5-4-6-12-10-13(16-2)7-8-14(12)17-3/h7-8,10H,5,9H2,1-3H3. The van der Waals surface area contributed by atoms with E-state index in [4.69, 9.17) is 9.47 Å². The quantitative estimate of drug-likeness (QED) is 0.619. The lowest BCUT2D eigenvalue weighted by Gasteiger charge is -2.05. The van der Waals surface area contributed by atoms with E-state index in [1.165, 1.54) is 11.8 Å². The Morgan fingerprint density at radius 3 is 2.72 bits per heavy atom. The molecule has 1 aromatic rings. The lowest BCUT2D eigenvalue weighted by atomic mass is 10.2. The lowest BCUT2D eigenvalue weighted by molar-refractivity contribution is -0.109. The molecule has 18 heavy (non-hydrogen) atoms. The highest BCUT2D eigenvalue weighted by molar-refractivity contribution is 8.13. The predicted molar refractivity (Wildman–Crippen MR) is 74.2 cm³/mol. The Morgan fingerprint density at radius 1 is 1.33 bits per heavy atom. The van der Waals surface area contributed by atoms with Gasteiger partial charge >= 0.3 is 0 Å². The van der Waals surface area contributed by atoms with Crippen molar-refractivity contribution in [3.05, 3.63) is 23.8 Å². The van der Waals surface area contributed by atoms with Gasteiger partial charge in [0.25, 0.3) is 0 Å². The normalized spacial score (nSPS) is 9.28. The zero-order valence-electron chi connectivity index (χ0n) is 10.8. The highest BCUT2D eigenvalue weighted by Crippen LogP contribution is 2.22. The molecular formula is C14H16O3S. The van der Waals surface area contributed by atoms with E-state index in [1.807, 2.05) is 18.2 Å². The van der Waals surface area contributed by atoms with Crippen LogP contribution in [0.1, 0.15) is 18.9 Å². The highest BCUT2D eigenvalue weighted by atomic mass is 32.2. The monoisotopic (exact) mass is 264 g/mol. The van der Waals surface area contributed by atoms with Crippen molar-refractivity contribution >= 4 is 16.9 Å². The third-order valence-electron chi connectivity index (χ3n) is 2.16. The van der Waals surface area contributed by atoms with Gasteiger partial charge in [-0.15, -0.1) is 0 Å². The van der Waals surface area contributed by atoms with Gasteiger partial charge in [-0.2, -0.15) is 0 Å². The summed E-state index contributed by atoms with van der Waals surface area (Å²) in [5.41, 5.74) is 0.796. The van der Waals surface area contributed by atoms with Crippen molar-refractivity contribution in [2.45, 2.75) is 13.3 Å². The molecule has 0 saturated carbocycles. The van der Waals surface area contributed by atoms with Gasteiger partial charge in [-0.1, -0.05) is 23.6 Å². The van der Waals surface area contributed by atoms with E-state index in [2.05, 4.69) is 11.8 Å². The molecule has 0 fully saturated rings. The zero-order valence-corrected chi connectivity index (χ0v) is 11.6. The van der Waals surface area contributed by atoms with Crippen LogP contribution in [0, 0.1) is 11.8 Å². The summed E-state index contributed by atoms with van der Waals surface area (Å²) in [5.74, 6) is 8.25. The van der Waals surface area contributed by atoms with E-state index in [-0.39, 0.29) is 5.12 Å². The largest absolute Gasteiger partial charge is 0.497 e. The van der Waals surface area contributed by atoms with Gasteiger partial charge in [-0.3, -0.25) is 4.79 Å². The van der Waals surface area contributed by atoms with E-state index in [0.717, 1.165) is 17.1 Å². The van der Waals surface area contributed by atoms with Crippen molar-refractivity contribution in [3.63, 3.8) is 0 Å². The van der Waals surface area contributed by atoms with Gasteiger partial charge in [-0.05, 0) is 18.2 Å². The number of rotatable bonds is 4. The first-order valence-electron chi connectivity index (χ1n) is 5.51. The van der Waals surface area contributed by atoms with Gasteiger partial charge in [0.2, 0.25) is 0 Å². The van der Waals surface area contributed by atoms with E-state index in [9.17, 15) is 4.79 Å². The van der Waals surface area contributed by atoms with Gasteiger partial charge in [0.05, 0.1) is 19.8 Å². The molecule has 0 radical (unpaired) electrons. The molecule has 0 bridgehead atoms. The molecular weight excluding hydrogens is 248 g/mol. The van der Waals surface area contributed by atoms with Crippen LogP contribution >= 0.6 is 11.8 Å². The summed E-state index contributed by atoms with van der Waals surface area (Å²) in [5, 5.41) is 0.121. The van der Waals surface area contributed by atoms with Gasteiger partial charge in [0.1, 0.15) is 11.5 Å². The van der Waals surface area contributed by atoms with E-state index >= 15 is 0 Å². The summed E-state index contributed by atoms with van der Waals surface area (Å²) in [6, 6.07) is 5.49. The van der Waals surface area contributed by atoms with Crippen LogP contribution in [0.25, 0.3) is 0 Å². The molecule has 3 nitrogen and oxygen atoms in total. The van der Waals surface area contributed by atoms with Crippen molar-refractivity contribution < 1.29 is 14.3 Å². The molecule has 1 rings (SSSR count). The molecule has 0 N–H and O–H groups in total. The molecule has 0 heterocycles. The molecule has 0 amide bonds. The SMILES string of the molecule is COc1ccc(OC)c(C#CCCSC(C)=O)c1. The summed E-state index contributed by atoms with van der Waals surface area (Å²) in [6.45, 7) is 1.56. The fourth-order valence-electron chi connectivity index (χ4n) is 1.32. The maximum Gasteiger partial charge on any atom is 0.185 e. The minimum atomic E-state index is 0.121. The number of ether oxygens (including phenoxy) is 2. The number of hydrogen-bond donors (Lipinski definition) is 0. The molecule has 0 aromatic heterocycles. The Labute approximate surface area is 112 Å². The fourth-order valence-corrected chi connectivity index (χ4v) is 1.81. The number of hydrogen-bond acceptors (Lipinski definition) is 4. The average Bonchev–Trinajstić information content (AvgIpc) is 2.37. The maximum atomic E-state index is 10.7. The summed E-state index contributed by atoms with van der Waals surface area (Å²) in [4.78, 5) is 10.7. The van der Waals surface area contributed by atoms with Crippen molar-refractivity contribution in [2.75, 3.05) is 20.0 Å². The first kappa shape index (κ1) is 14.5. The van der Waals surface area contributed by atoms with Gasteiger partial charge in [0, 0.05) is 19.1 Å². The molecule has 0 aliphatic carbocycles. The van der Waals surface area contributed by atoms with Crippen molar-refractivity contribution in [3.8, 4) is 23.3 Å². The molecule has 0 spiro atoms. The third-order valence-corrected chi connectivity index (χ3v) is 2.98. The summed E-state index contributed by atoms with van der Waals surface area (Å²) in [7, 11) is 3.22.